The molecular formula is C24H18F2N4S. The molecule has 0 radical (unpaired) electrons. The maximum absolute atomic E-state index is 14.8. The molecule has 0 bridgehead atoms. The third kappa shape index (κ3) is 3.47. The molecule has 1 aliphatic rings. The quantitative estimate of drug-likeness (QED) is 0.442. The Hall–Kier alpha value is -3.58. The smallest absolute Gasteiger partial charge is 0.174 e. The lowest BCUT2D eigenvalue weighted by molar-refractivity contribution is 0.541. The zero-order valence-corrected chi connectivity index (χ0v) is 17.1. The van der Waals surface area contributed by atoms with Gasteiger partial charge >= 0.3 is 0 Å². The average molecular weight is 432 g/mol. The van der Waals surface area contributed by atoms with Crippen LogP contribution in [0.25, 0.3) is 5.69 Å². The molecule has 0 amide bonds. The predicted molar refractivity (Wildman–Crippen MR) is 120 cm³/mol. The number of pyridine rings is 1. The molecule has 7 heteroatoms. The molecule has 0 spiro atoms. The Balaban J connectivity index is 1.69. The molecule has 1 aliphatic heterocycles. The number of anilines is 1. The second-order valence-corrected chi connectivity index (χ2v) is 7.62. The summed E-state index contributed by atoms with van der Waals surface area (Å²) in [6.07, 6.45) is 3.58. The van der Waals surface area contributed by atoms with Crippen molar-refractivity contribution in [1.29, 1.82) is 0 Å². The number of nitrogens with one attached hydrogen (secondary N) is 1. The van der Waals surface area contributed by atoms with E-state index in [2.05, 4.69) is 10.3 Å². The highest BCUT2D eigenvalue weighted by molar-refractivity contribution is 7.80. The summed E-state index contributed by atoms with van der Waals surface area (Å²) in [5, 5.41) is 3.72. The summed E-state index contributed by atoms with van der Waals surface area (Å²) in [4.78, 5) is 6.28. The fraction of sp³-hybridized carbons (Fsp3) is 0.0833. The largest absolute Gasteiger partial charge is 0.351 e. The molecular weight excluding hydrogens is 414 g/mol. The number of aromatic nitrogens is 2. The van der Waals surface area contributed by atoms with Gasteiger partial charge in [-0.1, -0.05) is 24.3 Å². The Bertz CT molecular complexity index is 1240. The van der Waals surface area contributed by atoms with Gasteiger partial charge in [0.2, 0.25) is 0 Å². The van der Waals surface area contributed by atoms with Gasteiger partial charge < -0.3 is 14.8 Å². The van der Waals surface area contributed by atoms with Gasteiger partial charge in [0.1, 0.15) is 17.7 Å². The van der Waals surface area contributed by atoms with Crippen LogP contribution in [0.2, 0.25) is 0 Å². The molecule has 3 heterocycles. The van der Waals surface area contributed by atoms with E-state index < -0.39 is 6.04 Å². The number of hydrogen-bond donors (Lipinski definition) is 1. The van der Waals surface area contributed by atoms with Crippen molar-refractivity contribution in [3.05, 3.63) is 114 Å². The fourth-order valence-corrected chi connectivity index (χ4v) is 4.40. The van der Waals surface area contributed by atoms with Crippen molar-refractivity contribution >= 4 is 23.0 Å². The van der Waals surface area contributed by atoms with Gasteiger partial charge in [0.25, 0.3) is 0 Å². The lowest BCUT2D eigenvalue weighted by Gasteiger charge is -2.29. The molecule has 4 nitrogen and oxygen atoms in total. The van der Waals surface area contributed by atoms with Crippen molar-refractivity contribution in [3.63, 3.8) is 0 Å². The second kappa shape index (κ2) is 7.92. The van der Waals surface area contributed by atoms with Crippen LogP contribution in [0.5, 0.6) is 0 Å². The van der Waals surface area contributed by atoms with Crippen LogP contribution in [0.1, 0.15) is 23.5 Å². The van der Waals surface area contributed by atoms with E-state index in [1.165, 1.54) is 18.2 Å². The second-order valence-electron chi connectivity index (χ2n) is 7.23. The van der Waals surface area contributed by atoms with Crippen LogP contribution in [0.4, 0.5) is 14.5 Å². The van der Waals surface area contributed by atoms with Gasteiger partial charge in [-0.25, -0.2) is 8.78 Å². The van der Waals surface area contributed by atoms with E-state index in [1.807, 2.05) is 47.2 Å². The molecule has 1 N–H and O–H groups in total. The van der Waals surface area contributed by atoms with Gasteiger partial charge in [-0.05, 0) is 66.8 Å². The Morgan fingerprint density at radius 3 is 2.52 bits per heavy atom. The number of thiocarbonyl (C=S) groups is 1. The average Bonchev–Trinajstić information content (AvgIpc) is 3.39. The minimum Gasteiger partial charge on any atom is -0.351 e. The zero-order chi connectivity index (χ0) is 21.4. The van der Waals surface area contributed by atoms with E-state index in [1.54, 1.807) is 35.4 Å². The van der Waals surface area contributed by atoms with E-state index in [0.29, 0.717) is 16.5 Å². The predicted octanol–water partition coefficient (Wildman–Crippen LogP) is 5.33. The van der Waals surface area contributed by atoms with Crippen molar-refractivity contribution in [2.45, 2.75) is 12.1 Å². The topological polar surface area (TPSA) is 33.1 Å². The molecule has 1 fully saturated rings. The Morgan fingerprint density at radius 1 is 0.903 bits per heavy atom. The first kappa shape index (κ1) is 19.4. The number of hydrogen-bond acceptors (Lipinski definition) is 2. The summed E-state index contributed by atoms with van der Waals surface area (Å²) in [6.45, 7) is 0. The SMILES string of the molecule is Fc1cccc(-n2cccc2[C@@H]2[C@H](c3ccccn3)NC(=S)N2c2ccccc2F)c1. The maximum Gasteiger partial charge on any atom is 0.174 e. The van der Waals surface area contributed by atoms with E-state index in [4.69, 9.17) is 12.2 Å². The highest BCUT2D eigenvalue weighted by Gasteiger charge is 2.42. The van der Waals surface area contributed by atoms with Crippen LogP contribution in [0.15, 0.2) is 91.3 Å². The van der Waals surface area contributed by atoms with E-state index in [-0.39, 0.29) is 17.7 Å². The Labute approximate surface area is 183 Å². The number of benzene rings is 2. The van der Waals surface area contributed by atoms with Crippen LogP contribution < -0.4 is 10.2 Å². The molecule has 0 aliphatic carbocycles. The van der Waals surface area contributed by atoms with Crippen molar-refractivity contribution in [2.75, 3.05) is 4.90 Å². The van der Waals surface area contributed by atoms with E-state index in [0.717, 1.165) is 11.4 Å². The molecule has 154 valence electrons. The normalized spacial score (nSPS) is 18.3. The first-order valence-corrected chi connectivity index (χ1v) is 10.2. The first-order chi connectivity index (χ1) is 15.1. The van der Waals surface area contributed by atoms with Gasteiger partial charge in [-0.2, -0.15) is 0 Å². The number of nitrogens with zero attached hydrogens (tertiary/aromatic N) is 3. The van der Waals surface area contributed by atoms with Crippen molar-refractivity contribution in [3.8, 4) is 5.69 Å². The van der Waals surface area contributed by atoms with Crippen molar-refractivity contribution in [1.82, 2.24) is 14.9 Å². The summed E-state index contributed by atoms with van der Waals surface area (Å²) in [7, 11) is 0. The van der Waals surface area contributed by atoms with E-state index in [9.17, 15) is 8.78 Å². The van der Waals surface area contributed by atoms with Gasteiger partial charge in [0, 0.05) is 23.8 Å². The van der Waals surface area contributed by atoms with Gasteiger partial charge in [-0.3, -0.25) is 4.98 Å². The standard InChI is InChI=1S/C24H18F2N4S/c25-16-7-5-8-17(15-16)29-14-6-12-21(29)23-22(19-10-3-4-13-27-19)28-24(31)30(23)20-11-2-1-9-18(20)26/h1-15,22-23H,(H,28,31)/t22-,23+/m0/s1. The molecule has 2 aromatic heterocycles. The summed E-state index contributed by atoms with van der Waals surface area (Å²) in [5.74, 6) is -0.702. The van der Waals surface area contributed by atoms with Gasteiger partial charge in [-0.15, -0.1) is 0 Å². The maximum atomic E-state index is 14.8. The number of para-hydroxylation sites is 1. The molecule has 0 unspecified atom stereocenters. The van der Waals surface area contributed by atoms with Crippen LogP contribution in [-0.2, 0) is 0 Å². The minimum atomic E-state index is -0.405. The highest BCUT2D eigenvalue weighted by atomic mass is 32.1. The highest BCUT2D eigenvalue weighted by Crippen LogP contribution is 2.42. The van der Waals surface area contributed by atoms with Crippen molar-refractivity contribution < 1.29 is 8.78 Å². The molecule has 2 aromatic carbocycles. The minimum absolute atomic E-state index is 0.324. The molecule has 4 aromatic rings. The Kier molecular flexibility index (Phi) is 4.95. The summed E-state index contributed by atoms with van der Waals surface area (Å²) >= 11 is 5.64. The van der Waals surface area contributed by atoms with Crippen LogP contribution >= 0.6 is 12.2 Å². The first-order valence-electron chi connectivity index (χ1n) is 9.82. The van der Waals surface area contributed by atoms with Crippen LogP contribution in [0.3, 0.4) is 0 Å². The van der Waals surface area contributed by atoms with Gasteiger partial charge in [0.15, 0.2) is 5.11 Å². The molecule has 0 saturated carbocycles. The molecule has 1 saturated heterocycles. The molecule has 31 heavy (non-hydrogen) atoms. The molecule has 2 atom stereocenters. The van der Waals surface area contributed by atoms with Gasteiger partial charge in [0.05, 0.1) is 17.4 Å². The number of halogens is 2. The van der Waals surface area contributed by atoms with Crippen molar-refractivity contribution in [2.24, 2.45) is 0 Å². The third-order valence-electron chi connectivity index (χ3n) is 5.38. The summed E-state index contributed by atoms with van der Waals surface area (Å²) < 4.78 is 30.7. The third-order valence-corrected chi connectivity index (χ3v) is 5.69. The summed E-state index contributed by atoms with van der Waals surface area (Å²) in [5.41, 5.74) is 2.65. The molecule has 5 rings (SSSR count). The number of rotatable bonds is 4. The Morgan fingerprint density at radius 2 is 1.74 bits per heavy atom. The lowest BCUT2D eigenvalue weighted by atomic mass is 10.0. The van der Waals surface area contributed by atoms with Crippen LogP contribution in [0, 0.1) is 11.6 Å². The monoisotopic (exact) mass is 432 g/mol. The van der Waals surface area contributed by atoms with E-state index >= 15 is 0 Å². The lowest BCUT2D eigenvalue weighted by Crippen LogP contribution is -2.31. The zero-order valence-electron chi connectivity index (χ0n) is 16.3. The fourth-order valence-electron chi connectivity index (χ4n) is 4.06. The van der Waals surface area contributed by atoms with Crippen LogP contribution in [-0.4, -0.2) is 14.7 Å². The summed E-state index contributed by atoms with van der Waals surface area (Å²) in [6, 6.07) is 21.7.